The SMILES string of the molecule is Cn1cc(C(Cc2ccc(Br)cn2)NN)cn1. The highest BCUT2D eigenvalue weighted by Gasteiger charge is 2.12. The highest BCUT2D eigenvalue weighted by Crippen LogP contribution is 2.17. The average molecular weight is 296 g/mol. The summed E-state index contributed by atoms with van der Waals surface area (Å²) in [5.41, 5.74) is 4.83. The van der Waals surface area contributed by atoms with E-state index in [0.717, 1.165) is 22.2 Å². The molecule has 0 radical (unpaired) electrons. The summed E-state index contributed by atoms with van der Waals surface area (Å²) in [4.78, 5) is 4.33. The second-order valence-electron chi connectivity index (χ2n) is 3.84. The number of nitrogens with zero attached hydrogens (tertiary/aromatic N) is 3. The van der Waals surface area contributed by atoms with Crippen LogP contribution in [0.25, 0.3) is 0 Å². The van der Waals surface area contributed by atoms with Crippen LogP contribution in [-0.2, 0) is 13.5 Å². The molecular formula is C11H14BrN5. The van der Waals surface area contributed by atoms with E-state index in [9.17, 15) is 0 Å². The Labute approximate surface area is 108 Å². The third-order valence-corrected chi connectivity index (χ3v) is 3.00. The fourth-order valence-electron chi connectivity index (χ4n) is 1.63. The number of nitrogens with two attached hydrogens (primary N) is 1. The lowest BCUT2D eigenvalue weighted by Crippen LogP contribution is -2.29. The molecule has 1 atom stereocenters. The van der Waals surface area contributed by atoms with Crippen LogP contribution in [0.2, 0.25) is 0 Å². The number of hydrogen-bond acceptors (Lipinski definition) is 4. The molecule has 1 unspecified atom stereocenters. The Morgan fingerprint density at radius 2 is 2.29 bits per heavy atom. The van der Waals surface area contributed by atoms with Crippen molar-refractivity contribution in [2.45, 2.75) is 12.5 Å². The molecule has 0 saturated carbocycles. The fraction of sp³-hybridized carbons (Fsp3) is 0.273. The molecule has 2 rings (SSSR count). The predicted octanol–water partition coefficient (Wildman–Crippen LogP) is 1.32. The Bertz CT molecular complexity index is 479. The minimum absolute atomic E-state index is 0.0253. The first kappa shape index (κ1) is 12.2. The molecule has 0 aliphatic carbocycles. The zero-order valence-electron chi connectivity index (χ0n) is 9.47. The van der Waals surface area contributed by atoms with E-state index < -0.39 is 0 Å². The van der Waals surface area contributed by atoms with Gasteiger partial charge in [0, 0.05) is 41.6 Å². The molecule has 0 aliphatic rings. The van der Waals surface area contributed by atoms with Gasteiger partial charge in [-0.15, -0.1) is 0 Å². The summed E-state index contributed by atoms with van der Waals surface area (Å²) >= 11 is 3.36. The van der Waals surface area contributed by atoms with Gasteiger partial charge in [0.05, 0.1) is 12.2 Å². The van der Waals surface area contributed by atoms with E-state index in [1.807, 2.05) is 31.6 Å². The number of aryl methyl sites for hydroxylation is 1. The van der Waals surface area contributed by atoms with Crippen molar-refractivity contribution in [2.24, 2.45) is 12.9 Å². The zero-order valence-corrected chi connectivity index (χ0v) is 11.1. The monoisotopic (exact) mass is 295 g/mol. The van der Waals surface area contributed by atoms with Crippen molar-refractivity contribution < 1.29 is 0 Å². The molecule has 3 N–H and O–H groups in total. The highest BCUT2D eigenvalue weighted by molar-refractivity contribution is 9.10. The number of rotatable bonds is 4. The van der Waals surface area contributed by atoms with Crippen LogP contribution >= 0.6 is 15.9 Å². The van der Waals surface area contributed by atoms with E-state index >= 15 is 0 Å². The maximum Gasteiger partial charge on any atom is 0.0546 e. The molecule has 0 amide bonds. The molecule has 0 aliphatic heterocycles. The molecule has 5 nitrogen and oxygen atoms in total. The normalized spacial score (nSPS) is 12.6. The lowest BCUT2D eigenvalue weighted by Gasteiger charge is -2.13. The fourth-order valence-corrected chi connectivity index (χ4v) is 1.86. The Morgan fingerprint density at radius 1 is 1.47 bits per heavy atom. The van der Waals surface area contributed by atoms with Crippen molar-refractivity contribution in [1.82, 2.24) is 20.2 Å². The Kier molecular flexibility index (Phi) is 3.88. The lowest BCUT2D eigenvalue weighted by molar-refractivity contribution is 0.545. The summed E-state index contributed by atoms with van der Waals surface area (Å²) in [6.07, 6.45) is 6.27. The van der Waals surface area contributed by atoms with Crippen LogP contribution in [0.5, 0.6) is 0 Å². The van der Waals surface area contributed by atoms with Crippen LogP contribution in [-0.4, -0.2) is 14.8 Å². The Morgan fingerprint density at radius 3 is 2.82 bits per heavy atom. The second kappa shape index (κ2) is 5.39. The molecule has 0 spiro atoms. The molecule has 17 heavy (non-hydrogen) atoms. The molecular weight excluding hydrogens is 282 g/mol. The second-order valence-corrected chi connectivity index (χ2v) is 4.75. The van der Waals surface area contributed by atoms with Crippen LogP contribution in [0, 0.1) is 0 Å². The number of pyridine rings is 1. The van der Waals surface area contributed by atoms with Gasteiger partial charge in [-0.1, -0.05) is 0 Å². The molecule has 2 aromatic heterocycles. The van der Waals surface area contributed by atoms with Gasteiger partial charge in [-0.05, 0) is 28.1 Å². The van der Waals surface area contributed by atoms with Crippen molar-refractivity contribution in [3.05, 3.63) is 46.5 Å². The first-order chi connectivity index (χ1) is 8.19. The molecule has 0 aromatic carbocycles. The number of nitrogens with one attached hydrogen (secondary N) is 1. The van der Waals surface area contributed by atoms with Gasteiger partial charge in [-0.3, -0.25) is 20.9 Å². The lowest BCUT2D eigenvalue weighted by atomic mass is 10.1. The van der Waals surface area contributed by atoms with E-state index in [1.54, 1.807) is 10.9 Å². The third kappa shape index (κ3) is 3.12. The van der Waals surface area contributed by atoms with Crippen molar-refractivity contribution in [3.8, 4) is 0 Å². The minimum atomic E-state index is 0.0253. The van der Waals surface area contributed by atoms with Gasteiger partial charge in [-0.2, -0.15) is 5.10 Å². The molecule has 2 aromatic rings. The van der Waals surface area contributed by atoms with E-state index in [-0.39, 0.29) is 6.04 Å². The van der Waals surface area contributed by atoms with Crippen LogP contribution < -0.4 is 11.3 Å². The largest absolute Gasteiger partial charge is 0.275 e. The van der Waals surface area contributed by atoms with E-state index in [1.165, 1.54) is 0 Å². The van der Waals surface area contributed by atoms with Crippen molar-refractivity contribution in [1.29, 1.82) is 0 Å². The van der Waals surface area contributed by atoms with Crippen LogP contribution in [0.4, 0.5) is 0 Å². The number of hydrazine groups is 1. The maximum absolute atomic E-state index is 5.57. The van der Waals surface area contributed by atoms with Crippen LogP contribution in [0.15, 0.2) is 35.2 Å². The first-order valence-electron chi connectivity index (χ1n) is 5.24. The smallest absolute Gasteiger partial charge is 0.0546 e. The Balaban J connectivity index is 2.12. The first-order valence-corrected chi connectivity index (χ1v) is 6.03. The summed E-state index contributed by atoms with van der Waals surface area (Å²) in [6.45, 7) is 0. The van der Waals surface area contributed by atoms with Gasteiger partial charge in [-0.25, -0.2) is 0 Å². The summed E-state index contributed by atoms with van der Waals surface area (Å²) in [5.74, 6) is 5.57. The van der Waals surface area contributed by atoms with Crippen LogP contribution in [0.3, 0.4) is 0 Å². The number of hydrogen-bond donors (Lipinski definition) is 2. The Hall–Kier alpha value is -1.24. The maximum atomic E-state index is 5.57. The van der Waals surface area contributed by atoms with Gasteiger partial charge in [0.25, 0.3) is 0 Å². The van der Waals surface area contributed by atoms with Gasteiger partial charge >= 0.3 is 0 Å². The summed E-state index contributed by atoms with van der Waals surface area (Å²) in [6, 6.07) is 3.97. The minimum Gasteiger partial charge on any atom is -0.275 e. The topological polar surface area (TPSA) is 68.8 Å². The molecule has 90 valence electrons. The van der Waals surface area contributed by atoms with Gasteiger partial charge in [0.15, 0.2) is 0 Å². The number of aromatic nitrogens is 3. The van der Waals surface area contributed by atoms with E-state index in [4.69, 9.17) is 5.84 Å². The number of halogens is 1. The van der Waals surface area contributed by atoms with Gasteiger partial charge in [0.1, 0.15) is 0 Å². The highest BCUT2D eigenvalue weighted by atomic mass is 79.9. The van der Waals surface area contributed by atoms with Crippen molar-refractivity contribution in [3.63, 3.8) is 0 Å². The van der Waals surface area contributed by atoms with E-state index in [0.29, 0.717) is 0 Å². The summed E-state index contributed by atoms with van der Waals surface area (Å²) < 4.78 is 2.73. The van der Waals surface area contributed by atoms with Crippen LogP contribution in [0.1, 0.15) is 17.3 Å². The third-order valence-electron chi connectivity index (χ3n) is 2.53. The summed E-state index contributed by atoms with van der Waals surface area (Å²) in [5, 5.41) is 4.13. The average Bonchev–Trinajstić information content (AvgIpc) is 2.75. The van der Waals surface area contributed by atoms with Gasteiger partial charge < -0.3 is 0 Å². The molecule has 2 heterocycles. The molecule has 6 heteroatoms. The predicted molar refractivity (Wildman–Crippen MR) is 68.9 cm³/mol. The molecule has 0 bridgehead atoms. The van der Waals surface area contributed by atoms with E-state index in [2.05, 4.69) is 31.4 Å². The quantitative estimate of drug-likeness (QED) is 0.659. The summed E-state index contributed by atoms with van der Waals surface area (Å²) in [7, 11) is 1.88. The van der Waals surface area contributed by atoms with Crippen molar-refractivity contribution in [2.75, 3.05) is 0 Å². The van der Waals surface area contributed by atoms with Crippen molar-refractivity contribution >= 4 is 15.9 Å². The molecule has 0 saturated heterocycles. The standard InChI is InChI=1S/C11H14BrN5/c1-17-7-8(5-15-17)11(16-13)4-10-3-2-9(12)6-14-10/h2-3,5-7,11,16H,4,13H2,1H3. The molecule has 0 fully saturated rings. The van der Waals surface area contributed by atoms with Gasteiger partial charge in [0.2, 0.25) is 0 Å². The zero-order chi connectivity index (χ0) is 12.3.